The normalized spacial score (nSPS) is 22.8. The molecule has 0 amide bonds. The van der Waals surface area contributed by atoms with Crippen molar-refractivity contribution in [3.05, 3.63) is 0 Å². The maximum Gasteiger partial charge on any atom is 0.451 e. The molecule has 16 heavy (non-hydrogen) atoms. The molecule has 2 rings (SSSR count). The molecule has 2 fully saturated rings. The van der Waals surface area contributed by atoms with Gasteiger partial charge in [0.1, 0.15) is 0 Å². The minimum Gasteiger partial charge on any atom is -0.342 e. The predicted octanol–water partition coefficient (Wildman–Crippen LogP) is 0.627. The molecule has 0 unspecified atom stereocenters. The van der Waals surface area contributed by atoms with Crippen LogP contribution in [-0.4, -0.2) is 51.7 Å². The van der Waals surface area contributed by atoms with Gasteiger partial charge in [0.25, 0.3) is 0 Å². The van der Waals surface area contributed by atoms with E-state index in [1.54, 1.807) is 0 Å². The summed E-state index contributed by atoms with van der Waals surface area (Å²) in [7, 11) is -4.32. The molecule has 2 bridgehead atoms. The van der Waals surface area contributed by atoms with Crippen LogP contribution in [0.15, 0.2) is 4.76 Å². The van der Waals surface area contributed by atoms with Gasteiger partial charge in [-0.1, -0.05) is 0 Å². The molecule has 2 aliphatic rings. The number of rotatable bonds is 1. The van der Waals surface area contributed by atoms with E-state index in [9.17, 15) is 4.57 Å². The zero-order chi connectivity index (χ0) is 11.6. The summed E-state index contributed by atoms with van der Waals surface area (Å²) < 4.78 is 14.6. The van der Waals surface area contributed by atoms with Gasteiger partial charge in [-0.2, -0.15) is 0 Å². The lowest BCUT2D eigenvalue weighted by Gasteiger charge is -2.28. The lowest BCUT2D eigenvalue weighted by molar-refractivity contribution is 0.363. The number of hydrogen-bond donors (Lipinski definition) is 2. The summed E-state index contributed by atoms with van der Waals surface area (Å²) >= 11 is 0. The van der Waals surface area contributed by atoms with Crippen molar-refractivity contribution < 1.29 is 14.4 Å². The first-order chi connectivity index (χ1) is 7.56. The summed E-state index contributed by atoms with van der Waals surface area (Å²) in [6, 6.07) is 0. The van der Waals surface area contributed by atoms with Crippen LogP contribution in [0.3, 0.4) is 0 Å². The Morgan fingerprint density at radius 3 is 1.62 bits per heavy atom. The van der Waals surface area contributed by atoms with Crippen molar-refractivity contribution in [3.63, 3.8) is 0 Å². The van der Waals surface area contributed by atoms with E-state index in [2.05, 4.69) is 4.76 Å². The number of hydrogen-bond acceptors (Lipinski definition) is 1. The lowest BCUT2D eigenvalue weighted by Crippen LogP contribution is -2.41. The van der Waals surface area contributed by atoms with Crippen LogP contribution in [0.2, 0.25) is 0 Å². The molecule has 2 aliphatic heterocycles. The molecule has 92 valence electrons. The maximum absolute atomic E-state index is 11.0. The molecule has 0 spiro atoms. The summed E-state index contributed by atoms with van der Waals surface area (Å²) in [5.41, 5.74) is 0. The van der Waals surface area contributed by atoms with Crippen molar-refractivity contribution in [1.82, 2.24) is 9.80 Å². The van der Waals surface area contributed by atoms with Gasteiger partial charge in [-0.3, -0.25) is 0 Å². The summed E-state index contributed by atoms with van der Waals surface area (Å²) in [6.45, 7) is 3.43. The molecule has 0 aromatic carbocycles. The van der Waals surface area contributed by atoms with Crippen LogP contribution in [0.4, 0.5) is 0 Å². The fourth-order valence-electron chi connectivity index (χ4n) is 2.28. The van der Waals surface area contributed by atoms with E-state index in [1.807, 2.05) is 9.80 Å². The van der Waals surface area contributed by atoms with Crippen molar-refractivity contribution in [1.29, 1.82) is 0 Å². The average Bonchev–Trinajstić information content (AvgIpc) is 2.47. The van der Waals surface area contributed by atoms with Gasteiger partial charge in [0.2, 0.25) is 5.96 Å². The van der Waals surface area contributed by atoms with Crippen LogP contribution in [0.1, 0.15) is 25.7 Å². The first-order valence-electron chi connectivity index (χ1n) is 5.72. The monoisotopic (exact) mass is 247 g/mol. The lowest BCUT2D eigenvalue weighted by atomic mass is 10.2. The van der Waals surface area contributed by atoms with Gasteiger partial charge in [0.05, 0.1) is 0 Å². The fourth-order valence-corrected chi connectivity index (χ4v) is 2.76. The molecule has 2 N–H and O–H groups in total. The summed E-state index contributed by atoms with van der Waals surface area (Å²) in [5.74, 6) is 0.503. The third-order valence-electron chi connectivity index (χ3n) is 3.00. The Hall–Kier alpha value is -0.580. The topological polar surface area (TPSA) is 76.4 Å². The molecule has 0 aliphatic carbocycles. The van der Waals surface area contributed by atoms with Crippen molar-refractivity contribution >= 4 is 13.7 Å². The summed E-state index contributed by atoms with van der Waals surface area (Å²) in [4.78, 5) is 22.0. The molecule has 0 atom stereocenters. The Morgan fingerprint density at radius 1 is 0.938 bits per heavy atom. The molecule has 0 saturated carbocycles. The van der Waals surface area contributed by atoms with Crippen LogP contribution in [0.5, 0.6) is 0 Å². The van der Waals surface area contributed by atoms with Gasteiger partial charge in [0.15, 0.2) is 0 Å². The average molecular weight is 247 g/mol. The molecular weight excluding hydrogens is 229 g/mol. The second-order valence-corrected chi connectivity index (χ2v) is 5.53. The van der Waals surface area contributed by atoms with Crippen molar-refractivity contribution in [2.24, 2.45) is 4.76 Å². The Morgan fingerprint density at radius 2 is 1.31 bits per heavy atom. The molecule has 0 aromatic rings. The van der Waals surface area contributed by atoms with E-state index >= 15 is 0 Å². The predicted molar refractivity (Wildman–Crippen MR) is 61.1 cm³/mol. The van der Waals surface area contributed by atoms with Gasteiger partial charge < -0.3 is 19.6 Å². The molecule has 0 radical (unpaired) electrons. The van der Waals surface area contributed by atoms with E-state index in [4.69, 9.17) is 9.79 Å². The minimum atomic E-state index is -4.32. The van der Waals surface area contributed by atoms with E-state index in [-0.39, 0.29) is 0 Å². The largest absolute Gasteiger partial charge is 0.451 e. The van der Waals surface area contributed by atoms with Crippen LogP contribution >= 0.6 is 7.75 Å². The minimum absolute atomic E-state index is 0.503. The summed E-state index contributed by atoms with van der Waals surface area (Å²) in [6.07, 6.45) is 4.26. The molecular formula is C9H18N3O3P. The molecule has 2 heterocycles. The van der Waals surface area contributed by atoms with E-state index in [0.717, 1.165) is 51.9 Å². The zero-order valence-corrected chi connectivity index (χ0v) is 10.1. The highest BCUT2D eigenvalue weighted by atomic mass is 31.2. The molecule has 2 saturated heterocycles. The Kier molecular flexibility index (Phi) is 3.52. The smallest absolute Gasteiger partial charge is 0.342 e. The van der Waals surface area contributed by atoms with Crippen LogP contribution in [-0.2, 0) is 4.57 Å². The summed E-state index contributed by atoms with van der Waals surface area (Å²) in [5, 5.41) is 0. The second kappa shape index (κ2) is 4.73. The van der Waals surface area contributed by atoms with Crippen molar-refractivity contribution in [2.45, 2.75) is 25.7 Å². The van der Waals surface area contributed by atoms with E-state index in [0.29, 0.717) is 5.96 Å². The van der Waals surface area contributed by atoms with Crippen LogP contribution in [0.25, 0.3) is 0 Å². The van der Waals surface area contributed by atoms with Crippen LogP contribution < -0.4 is 0 Å². The van der Waals surface area contributed by atoms with Gasteiger partial charge in [-0.25, -0.2) is 4.57 Å². The standard InChI is InChI=1S/C9H18N3O3P/c13-16(14,15)10-9-11-5-1-2-6-12(9)8-4-3-7-11/h1-8H2,(H2,13,14,15). The third kappa shape index (κ3) is 2.97. The van der Waals surface area contributed by atoms with E-state index in [1.165, 1.54) is 0 Å². The van der Waals surface area contributed by atoms with Gasteiger partial charge in [-0.05, 0) is 25.7 Å². The van der Waals surface area contributed by atoms with Crippen molar-refractivity contribution in [2.75, 3.05) is 26.2 Å². The highest BCUT2D eigenvalue weighted by Crippen LogP contribution is 2.37. The van der Waals surface area contributed by atoms with Crippen molar-refractivity contribution in [3.8, 4) is 0 Å². The van der Waals surface area contributed by atoms with Gasteiger partial charge in [0, 0.05) is 26.2 Å². The molecule has 6 nitrogen and oxygen atoms in total. The Labute approximate surface area is 95.2 Å². The van der Waals surface area contributed by atoms with Gasteiger partial charge in [-0.15, -0.1) is 4.76 Å². The number of guanidine groups is 1. The highest BCUT2D eigenvalue weighted by Gasteiger charge is 2.27. The molecule has 7 heteroatoms. The maximum atomic E-state index is 11.0. The first-order valence-corrected chi connectivity index (χ1v) is 7.28. The van der Waals surface area contributed by atoms with Crippen LogP contribution in [0, 0.1) is 0 Å². The van der Waals surface area contributed by atoms with E-state index < -0.39 is 7.75 Å². The zero-order valence-electron chi connectivity index (χ0n) is 9.25. The third-order valence-corrected chi connectivity index (χ3v) is 3.44. The second-order valence-electron chi connectivity index (χ2n) is 4.30. The first kappa shape index (κ1) is 11.9. The SMILES string of the molecule is O=P(O)(O)N=C1N2CCCCN1CCCC2. The molecule has 0 aromatic heterocycles. The Bertz CT molecular complexity index is 298. The highest BCUT2D eigenvalue weighted by molar-refractivity contribution is 7.50. The number of fused-ring (bicyclic) bond motifs is 2. The fraction of sp³-hybridized carbons (Fsp3) is 0.889. The van der Waals surface area contributed by atoms with Gasteiger partial charge >= 0.3 is 7.75 Å². The quantitative estimate of drug-likeness (QED) is 0.664. The number of nitrogens with zero attached hydrogens (tertiary/aromatic N) is 3. The Balaban J connectivity index is 2.30.